The number of carbonyl (C=O) groups excluding carboxylic acids is 1. The first-order chi connectivity index (χ1) is 10.0. The summed E-state index contributed by atoms with van der Waals surface area (Å²) in [6, 6.07) is 5.86. The minimum absolute atomic E-state index is 0.0667. The molecule has 0 spiro atoms. The second-order valence-electron chi connectivity index (χ2n) is 5.08. The van der Waals surface area contributed by atoms with Gasteiger partial charge in [-0.2, -0.15) is 0 Å². The summed E-state index contributed by atoms with van der Waals surface area (Å²) in [7, 11) is 0. The Morgan fingerprint density at radius 2 is 2.05 bits per heavy atom. The normalized spacial score (nSPS) is 12.2. The fourth-order valence-electron chi connectivity index (χ4n) is 2.09. The van der Waals surface area contributed by atoms with Gasteiger partial charge in [0, 0.05) is 5.69 Å². The summed E-state index contributed by atoms with van der Waals surface area (Å²) < 4.78 is 1.43. The summed E-state index contributed by atoms with van der Waals surface area (Å²) in [6.45, 7) is 5.83. The van der Waals surface area contributed by atoms with E-state index in [1.165, 1.54) is 4.68 Å². The number of hydrogen-bond acceptors (Lipinski definition) is 4. The molecule has 2 aromatic rings. The Labute approximate surface area is 123 Å². The predicted molar refractivity (Wildman–Crippen MR) is 79.8 cm³/mol. The molecule has 6 nitrogen and oxygen atoms in total. The van der Waals surface area contributed by atoms with Crippen molar-refractivity contribution in [1.82, 2.24) is 15.0 Å². The lowest BCUT2D eigenvalue weighted by Crippen LogP contribution is -2.20. The highest BCUT2D eigenvalue weighted by Crippen LogP contribution is 2.19. The van der Waals surface area contributed by atoms with Crippen LogP contribution in [-0.4, -0.2) is 26.0 Å². The highest BCUT2D eigenvalue weighted by atomic mass is 16.3. The SMILES string of the molecule is CCC(O)c1cn(CC(=O)Nc2c(C)cccc2C)nn1. The number of benzene rings is 1. The van der Waals surface area contributed by atoms with Crippen molar-refractivity contribution in [2.45, 2.75) is 39.8 Å². The smallest absolute Gasteiger partial charge is 0.246 e. The fourth-order valence-corrected chi connectivity index (χ4v) is 2.09. The van der Waals surface area contributed by atoms with E-state index < -0.39 is 6.10 Å². The van der Waals surface area contributed by atoms with E-state index in [2.05, 4.69) is 15.6 Å². The van der Waals surface area contributed by atoms with E-state index in [0.717, 1.165) is 16.8 Å². The van der Waals surface area contributed by atoms with Gasteiger partial charge in [0.2, 0.25) is 5.91 Å². The molecule has 0 radical (unpaired) electrons. The number of aliphatic hydroxyl groups excluding tert-OH is 1. The number of para-hydroxylation sites is 1. The molecule has 1 atom stereocenters. The number of anilines is 1. The van der Waals surface area contributed by atoms with Crippen LogP contribution in [0.2, 0.25) is 0 Å². The van der Waals surface area contributed by atoms with E-state index in [9.17, 15) is 9.90 Å². The molecule has 1 heterocycles. The summed E-state index contributed by atoms with van der Waals surface area (Å²) >= 11 is 0. The number of aromatic nitrogens is 3. The van der Waals surface area contributed by atoms with Crippen molar-refractivity contribution in [2.75, 3.05) is 5.32 Å². The molecule has 112 valence electrons. The minimum atomic E-state index is -0.638. The van der Waals surface area contributed by atoms with Gasteiger partial charge in [-0.15, -0.1) is 5.10 Å². The maximum absolute atomic E-state index is 12.1. The molecule has 6 heteroatoms. The van der Waals surface area contributed by atoms with Crippen LogP contribution in [0.25, 0.3) is 0 Å². The second kappa shape index (κ2) is 6.49. The van der Waals surface area contributed by atoms with E-state index in [0.29, 0.717) is 12.1 Å². The molecule has 0 saturated carbocycles. The van der Waals surface area contributed by atoms with Gasteiger partial charge in [0.05, 0.1) is 12.3 Å². The van der Waals surface area contributed by atoms with Gasteiger partial charge in [-0.05, 0) is 31.4 Å². The Hall–Kier alpha value is -2.21. The van der Waals surface area contributed by atoms with Gasteiger partial charge in [0.25, 0.3) is 0 Å². The van der Waals surface area contributed by atoms with Crippen molar-refractivity contribution in [2.24, 2.45) is 0 Å². The van der Waals surface area contributed by atoms with Crippen molar-refractivity contribution in [1.29, 1.82) is 0 Å². The standard InChI is InChI=1S/C15H20N4O2/c1-4-13(20)12-8-19(18-17-12)9-14(21)16-15-10(2)6-5-7-11(15)3/h5-8,13,20H,4,9H2,1-3H3,(H,16,21). The fraction of sp³-hybridized carbons (Fsp3) is 0.400. The monoisotopic (exact) mass is 288 g/mol. The van der Waals surface area contributed by atoms with Crippen LogP contribution in [0.1, 0.15) is 36.3 Å². The van der Waals surface area contributed by atoms with Gasteiger partial charge in [-0.3, -0.25) is 4.79 Å². The number of nitrogens with zero attached hydrogens (tertiary/aromatic N) is 3. The molecule has 1 aromatic carbocycles. The molecule has 2 rings (SSSR count). The number of rotatable bonds is 5. The lowest BCUT2D eigenvalue weighted by molar-refractivity contribution is -0.116. The quantitative estimate of drug-likeness (QED) is 0.881. The largest absolute Gasteiger partial charge is 0.387 e. The van der Waals surface area contributed by atoms with E-state index >= 15 is 0 Å². The second-order valence-corrected chi connectivity index (χ2v) is 5.08. The Morgan fingerprint density at radius 3 is 2.67 bits per heavy atom. The number of aliphatic hydroxyl groups is 1. The van der Waals surface area contributed by atoms with Crippen LogP contribution in [-0.2, 0) is 11.3 Å². The average molecular weight is 288 g/mol. The van der Waals surface area contributed by atoms with Crippen molar-refractivity contribution >= 4 is 11.6 Å². The summed E-state index contributed by atoms with van der Waals surface area (Å²) in [4.78, 5) is 12.1. The summed E-state index contributed by atoms with van der Waals surface area (Å²) in [5, 5.41) is 20.3. The molecule has 0 bridgehead atoms. The molecule has 1 aromatic heterocycles. The first-order valence-electron chi connectivity index (χ1n) is 6.95. The van der Waals surface area contributed by atoms with Crippen molar-refractivity contribution < 1.29 is 9.90 Å². The van der Waals surface area contributed by atoms with E-state index in [1.807, 2.05) is 39.0 Å². The first kappa shape index (κ1) is 15.2. The van der Waals surface area contributed by atoms with Gasteiger partial charge in [-0.25, -0.2) is 4.68 Å². The minimum Gasteiger partial charge on any atom is -0.387 e. The molecule has 21 heavy (non-hydrogen) atoms. The number of hydrogen-bond donors (Lipinski definition) is 2. The van der Waals surface area contributed by atoms with E-state index in [4.69, 9.17) is 0 Å². The van der Waals surface area contributed by atoms with Crippen molar-refractivity contribution in [3.05, 3.63) is 41.2 Å². The predicted octanol–water partition coefficient (Wildman–Crippen LogP) is 1.98. The van der Waals surface area contributed by atoms with Crippen LogP contribution in [0.5, 0.6) is 0 Å². The molecule has 1 amide bonds. The van der Waals surface area contributed by atoms with Gasteiger partial charge in [0.1, 0.15) is 12.2 Å². The molecular formula is C15H20N4O2. The zero-order valence-electron chi connectivity index (χ0n) is 12.5. The van der Waals surface area contributed by atoms with Gasteiger partial charge in [0.15, 0.2) is 0 Å². The summed E-state index contributed by atoms with van der Waals surface area (Å²) in [6.07, 6.45) is 1.52. The third-order valence-corrected chi connectivity index (χ3v) is 3.34. The van der Waals surface area contributed by atoms with Crippen molar-refractivity contribution in [3.63, 3.8) is 0 Å². The van der Waals surface area contributed by atoms with Gasteiger partial charge < -0.3 is 10.4 Å². The molecule has 1 unspecified atom stereocenters. The lowest BCUT2D eigenvalue weighted by atomic mass is 10.1. The van der Waals surface area contributed by atoms with Crippen LogP contribution >= 0.6 is 0 Å². The van der Waals surface area contributed by atoms with Crippen LogP contribution in [0.15, 0.2) is 24.4 Å². The Bertz CT molecular complexity index is 616. The molecule has 0 aliphatic heterocycles. The molecule has 0 fully saturated rings. The van der Waals surface area contributed by atoms with Crippen LogP contribution in [0.3, 0.4) is 0 Å². The first-order valence-corrected chi connectivity index (χ1v) is 6.95. The third kappa shape index (κ3) is 3.66. The maximum atomic E-state index is 12.1. The molecule has 2 N–H and O–H groups in total. The van der Waals surface area contributed by atoms with Crippen molar-refractivity contribution in [3.8, 4) is 0 Å². The number of carbonyl (C=O) groups is 1. The van der Waals surface area contributed by atoms with Crippen LogP contribution in [0, 0.1) is 13.8 Å². The molecule has 0 aliphatic rings. The zero-order chi connectivity index (χ0) is 15.4. The topological polar surface area (TPSA) is 80.0 Å². The average Bonchev–Trinajstić information content (AvgIpc) is 2.90. The highest BCUT2D eigenvalue weighted by Gasteiger charge is 2.12. The zero-order valence-corrected chi connectivity index (χ0v) is 12.5. The summed E-state index contributed by atoms with van der Waals surface area (Å²) in [5.41, 5.74) is 3.35. The highest BCUT2D eigenvalue weighted by molar-refractivity contribution is 5.92. The third-order valence-electron chi connectivity index (χ3n) is 3.34. The number of nitrogens with one attached hydrogen (secondary N) is 1. The molecular weight excluding hydrogens is 268 g/mol. The molecule has 0 saturated heterocycles. The Kier molecular flexibility index (Phi) is 4.70. The van der Waals surface area contributed by atoms with Gasteiger partial charge >= 0.3 is 0 Å². The van der Waals surface area contributed by atoms with Crippen LogP contribution in [0.4, 0.5) is 5.69 Å². The van der Waals surface area contributed by atoms with E-state index in [-0.39, 0.29) is 12.5 Å². The van der Waals surface area contributed by atoms with E-state index in [1.54, 1.807) is 6.20 Å². The van der Waals surface area contributed by atoms with Gasteiger partial charge in [-0.1, -0.05) is 30.3 Å². The number of aryl methyl sites for hydroxylation is 2. The maximum Gasteiger partial charge on any atom is 0.246 e. The number of amides is 1. The lowest BCUT2D eigenvalue weighted by Gasteiger charge is -2.11. The molecule has 0 aliphatic carbocycles. The Balaban J connectivity index is 2.03. The Morgan fingerprint density at radius 1 is 1.38 bits per heavy atom. The summed E-state index contributed by atoms with van der Waals surface area (Å²) in [5.74, 6) is -0.171. The van der Waals surface area contributed by atoms with Crippen LogP contribution < -0.4 is 5.32 Å².